The van der Waals surface area contributed by atoms with Crippen LogP contribution in [0.2, 0.25) is 0 Å². The molecule has 0 heterocycles. The summed E-state index contributed by atoms with van der Waals surface area (Å²) in [5.74, 6) is 0.965. The lowest BCUT2D eigenvalue weighted by Crippen LogP contribution is -2.31. The van der Waals surface area contributed by atoms with Crippen LogP contribution in [0.3, 0.4) is 0 Å². The monoisotopic (exact) mass is 375 g/mol. The van der Waals surface area contributed by atoms with Gasteiger partial charge in [0.1, 0.15) is 12.4 Å². The molecule has 0 radical (unpaired) electrons. The van der Waals surface area contributed by atoms with Crippen LogP contribution in [-0.4, -0.2) is 24.5 Å². The van der Waals surface area contributed by atoms with Crippen molar-refractivity contribution < 1.29 is 13.9 Å². The standard InChI is InChI=1S/C19H22FN3O2S/c1-3-21-19(26)23-22-12-15-7-10-17(18(11-15)24-4-2)25-13-14-5-8-16(20)9-6-14/h5-12H,3-4,13H2,1-2H3,(H2,21,23,26)/b22-12-. The molecule has 0 spiro atoms. The molecule has 0 aliphatic carbocycles. The molecule has 0 atom stereocenters. The van der Waals surface area contributed by atoms with Gasteiger partial charge in [0.15, 0.2) is 16.6 Å². The van der Waals surface area contributed by atoms with E-state index in [1.807, 2.05) is 32.0 Å². The summed E-state index contributed by atoms with van der Waals surface area (Å²) in [4.78, 5) is 0. The van der Waals surface area contributed by atoms with Crippen LogP contribution in [0.4, 0.5) is 4.39 Å². The van der Waals surface area contributed by atoms with Gasteiger partial charge in [-0.15, -0.1) is 0 Å². The highest BCUT2D eigenvalue weighted by atomic mass is 32.1. The van der Waals surface area contributed by atoms with Crippen LogP contribution >= 0.6 is 12.2 Å². The summed E-state index contributed by atoms with van der Waals surface area (Å²) >= 11 is 5.04. The average Bonchev–Trinajstić information content (AvgIpc) is 2.63. The Kier molecular flexibility index (Phi) is 7.82. The van der Waals surface area contributed by atoms with Crippen molar-refractivity contribution in [1.82, 2.24) is 10.7 Å². The third-order valence-electron chi connectivity index (χ3n) is 3.29. The first-order chi connectivity index (χ1) is 12.6. The molecule has 2 aromatic carbocycles. The number of hydrogen-bond acceptors (Lipinski definition) is 4. The number of nitrogens with zero attached hydrogens (tertiary/aromatic N) is 1. The summed E-state index contributed by atoms with van der Waals surface area (Å²) < 4.78 is 24.4. The van der Waals surface area contributed by atoms with Crippen LogP contribution in [0.5, 0.6) is 11.5 Å². The van der Waals surface area contributed by atoms with Crippen molar-refractivity contribution in [2.75, 3.05) is 13.2 Å². The van der Waals surface area contributed by atoms with Crippen LogP contribution in [0.1, 0.15) is 25.0 Å². The van der Waals surface area contributed by atoms with E-state index in [1.54, 1.807) is 18.3 Å². The third-order valence-corrected chi connectivity index (χ3v) is 3.53. The summed E-state index contributed by atoms with van der Waals surface area (Å²) in [6, 6.07) is 11.7. The second-order valence-electron chi connectivity index (χ2n) is 5.28. The van der Waals surface area contributed by atoms with Gasteiger partial charge in [-0.05, 0) is 67.5 Å². The highest BCUT2D eigenvalue weighted by Crippen LogP contribution is 2.28. The third kappa shape index (κ3) is 6.33. The van der Waals surface area contributed by atoms with Crippen molar-refractivity contribution >= 4 is 23.5 Å². The number of ether oxygens (including phenoxy) is 2. The molecular weight excluding hydrogens is 353 g/mol. The minimum atomic E-state index is -0.269. The fourth-order valence-electron chi connectivity index (χ4n) is 2.10. The maximum Gasteiger partial charge on any atom is 0.186 e. The number of hydrazone groups is 1. The predicted octanol–water partition coefficient (Wildman–Crippen LogP) is 3.62. The molecule has 2 aromatic rings. The lowest BCUT2D eigenvalue weighted by Gasteiger charge is -2.12. The van der Waals surface area contributed by atoms with Gasteiger partial charge in [0.2, 0.25) is 0 Å². The molecule has 0 saturated heterocycles. The number of rotatable bonds is 8. The van der Waals surface area contributed by atoms with Crippen molar-refractivity contribution in [2.24, 2.45) is 5.10 Å². The molecule has 5 nitrogen and oxygen atoms in total. The summed E-state index contributed by atoms with van der Waals surface area (Å²) in [6.07, 6.45) is 1.65. The van der Waals surface area contributed by atoms with Crippen LogP contribution in [0.15, 0.2) is 47.6 Å². The van der Waals surface area contributed by atoms with E-state index in [-0.39, 0.29) is 5.82 Å². The first kappa shape index (κ1) is 19.7. The van der Waals surface area contributed by atoms with E-state index in [0.29, 0.717) is 29.8 Å². The SMILES string of the molecule is CCNC(=S)N/N=C\c1ccc(OCc2ccc(F)cc2)c(OCC)c1. The van der Waals surface area contributed by atoms with E-state index in [1.165, 1.54) is 12.1 Å². The van der Waals surface area contributed by atoms with Gasteiger partial charge in [0, 0.05) is 6.54 Å². The van der Waals surface area contributed by atoms with E-state index >= 15 is 0 Å². The van der Waals surface area contributed by atoms with E-state index < -0.39 is 0 Å². The second-order valence-corrected chi connectivity index (χ2v) is 5.69. The Labute approximate surface area is 158 Å². The Balaban J connectivity index is 2.03. The molecule has 2 N–H and O–H groups in total. The van der Waals surface area contributed by atoms with Crippen molar-refractivity contribution in [3.8, 4) is 11.5 Å². The minimum Gasteiger partial charge on any atom is -0.490 e. The quantitative estimate of drug-likeness (QED) is 0.419. The molecule has 0 aromatic heterocycles. The second kappa shape index (κ2) is 10.4. The molecule has 0 saturated carbocycles. The lowest BCUT2D eigenvalue weighted by atomic mass is 10.2. The number of thiocarbonyl (C=S) groups is 1. The van der Waals surface area contributed by atoms with E-state index in [4.69, 9.17) is 21.7 Å². The Morgan fingerprint density at radius 1 is 1.12 bits per heavy atom. The molecular formula is C19H22FN3O2S. The summed E-state index contributed by atoms with van der Waals surface area (Å²) in [7, 11) is 0. The topological polar surface area (TPSA) is 54.9 Å². The Morgan fingerprint density at radius 3 is 2.58 bits per heavy atom. The Bertz CT molecular complexity index is 751. The molecule has 0 aliphatic rings. The smallest absolute Gasteiger partial charge is 0.186 e. The zero-order chi connectivity index (χ0) is 18.8. The van der Waals surface area contributed by atoms with E-state index in [2.05, 4.69) is 15.8 Å². The molecule has 0 unspecified atom stereocenters. The molecule has 138 valence electrons. The first-order valence-corrected chi connectivity index (χ1v) is 8.74. The van der Waals surface area contributed by atoms with Gasteiger partial charge in [-0.1, -0.05) is 12.1 Å². The molecule has 7 heteroatoms. The zero-order valence-electron chi connectivity index (χ0n) is 14.8. The zero-order valence-corrected chi connectivity index (χ0v) is 15.6. The normalized spacial score (nSPS) is 10.6. The van der Waals surface area contributed by atoms with Crippen LogP contribution < -0.4 is 20.2 Å². The summed E-state index contributed by atoms with van der Waals surface area (Å²) in [5.41, 5.74) is 4.45. The van der Waals surface area contributed by atoms with Crippen LogP contribution in [-0.2, 0) is 6.61 Å². The van der Waals surface area contributed by atoms with Gasteiger partial charge >= 0.3 is 0 Å². The largest absolute Gasteiger partial charge is 0.490 e. The van der Waals surface area contributed by atoms with Gasteiger partial charge in [-0.2, -0.15) is 5.10 Å². The van der Waals surface area contributed by atoms with Crippen molar-refractivity contribution in [3.05, 3.63) is 59.4 Å². The van der Waals surface area contributed by atoms with Gasteiger partial charge in [0.25, 0.3) is 0 Å². The van der Waals surface area contributed by atoms with Gasteiger partial charge in [0.05, 0.1) is 12.8 Å². The molecule has 0 aliphatic heterocycles. The number of hydrogen-bond donors (Lipinski definition) is 2. The number of nitrogens with one attached hydrogen (secondary N) is 2. The molecule has 0 fully saturated rings. The van der Waals surface area contributed by atoms with E-state index in [0.717, 1.165) is 17.7 Å². The fraction of sp³-hybridized carbons (Fsp3) is 0.263. The Morgan fingerprint density at radius 2 is 1.88 bits per heavy atom. The number of benzene rings is 2. The maximum absolute atomic E-state index is 13.0. The summed E-state index contributed by atoms with van der Waals surface area (Å²) in [5, 5.41) is 7.49. The fourth-order valence-corrected chi connectivity index (χ4v) is 2.30. The van der Waals surface area contributed by atoms with Crippen molar-refractivity contribution in [3.63, 3.8) is 0 Å². The van der Waals surface area contributed by atoms with Gasteiger partial charge < -0.3 is 14.8 Å². The van der Waals surface area contributed by atoms with Crippen LogP contribution in [0, 0.1) is 5.82 Å². The van der Waals surface area contributed by atoms with Crippen molar-refractivity contribution in [1.29, 1.82) is 0 Å². The maximum atomic E-state index is 13.0. The highest BCUT2D eigenvalue weighted by Gasteiger charge is 2.07. The molecule has 26 heavy (non-hydrogen) atoms. The lowest BCUT2D eigenvalue weighted by molar-refractivity contribution is 0.269. The number of halogens is 1. The summed E-state index contributed by atoms with van der Waals surface area (Å²) in [6.45, 7) is 5.43. The minimum absolute atomic E-state index is 0.269. The predicted molar refractivity (Wildman–Crippen MR) is 105 cm³/mol. The Hall–Kier alpha value is -2.67. The molecule has 2 rings (SSSR count). The highest BCUT2D eigenvalue weighted by molar-refractivity contribution is 7.80. The van der Waals surface area contributed by atoms with Crippen molar-refractivity contribution in [2.45, 2.75) is 20.5 Å². The van der Waals surface area contributed by atoms with Gasteiger partial charge in [-0.25, -0.2) is 4.39 Å². The van der Waals surface area contributed by atoms with E-state index in [9.17, 15) is 4.39 Å². The van der Waals surface area contributed by atoms with Crippen LogP contribution in [0.25, 0.3) is 0 Å². The molecule has 0 amide bonds. The first-order valence-electron chi connectivity index (χ1n) is 8.33. The average molecular weight is 375 g/mol. The van der Waals surface area contributed by atoms with Gasteiger partial charge in [-0.3, -0.25) is 5.43 Å². The molecule has 0 bridgehead atoms.